The van der Waals surface area contributed by atoms with E-state index in [0.29, 0.717) is 0 Å². The SMILES string of the molecule is CC(C)(C)[O-].[C]1N(C2CCCCC2)C=CN1C1CCCCC1.[Cu+]. The van der Waals surface area contributed by atoms with Gasteiger partial charge in [-0.15, -0.1) is 5.60 Å². The fraction of sp³-hybridized carbons (Fsp3) is 0.842. The molecule has 2 saturated carbocycles. The van der Waals surface area contributed by atoms with Crippen LogP contribution in [0.2, 0.25) is 0 Å². The Morgan fingerprint density at radius 1 is 0.783 bits per heavy atom. The van der Waals surface area contributed by atoms with Gasteiger partial charge in [0.05, 0.1) is 0 Å². The summed E-state index contributed by atoms with van der Waals surface area (Å²) >= 11 is 0. The van der Waals surface area contributed by atoms with Crippen molar-refractivity contribution in [3.05, 3.63) is 19.1 Å². The van der Waals surface area contributed by atoms with Gasteiger partial charge >= 0.3 is 17.1 Å². The minimum Gasteiger partial charge on any atom is -0.850 e. The van der Waals surface area contributed by atoms with Crippen LogP contribution < -0.4 is 5.11 Å². The van der Waals surface area contributed by atoms with E-state index in [1.54, 1.807) is 20.8 Å². The van der Waals surface area contributed by atoms with Crippen molar-refractivity contribution >= 4 is 0 Å². The molecule has 0 aromatic carbocycles. The Balaban J connectivity index is 0.000000390. The number of rotatable bonds is 2. The van der Waals surface area contributed by atoms with Crippen LogP contribution in [-0.2, 0) is 17.1 Å². The van der Waals surface area contributed by atoms with E-state index in [-0.39, 0.29) is 17.1 Å². The Bertz CT molecular complexity index is 310. The van der Waals surface area contributed by atoms with Gasteiger partial charge in [-0.05, 0) is 25.7 Å². The van der Waals surface area contributed by atoms with Crippen molar-refractivity contribution in [3.8, 4) is 0 Å². The van der Waals surface area contributed by atoms with Crippen molar-refractivity contribution in [3.63, 3.8) is 0 Å². The Kier molecular flexibility index (Phi) is 9.03. The molecular weight excluding hydrogens is 336 g/mol. The fourth-order valence-electron chi connectivity index (χ4n) is 3.47. The molecule has 0 aromatic rings. The predicted octanol–water partition coefficient (Wildman–Crippen LogP) is 3.88. The standard InChI is InChI=1S/C15H24N2.C4H9O.Cu/c1-3-7-14(8-4-1)16-11-12-17(13-16)15-9-5-2-6-10-15;1-4(2,3)5;/h11-12,14-15H,1-10H2;1-3H3;/q;-1;+1. The summed E-state index contributed by atoms with van der Waals surface area (Å²) in [7, 11) is 0. The maximum atomic E-state index is 10.1. The fourth-order valence-corrected chi connectivity index (χ4v) is 3.47. The van der Waals surface area contributed by atoms with Gasteiger partial charge in [-0.3, -0.25) is 0 Å². The summed E-state index contributed by atoms with van der Waals surface area (Å²) in [4.78, 5) is 4.71. The molecule has 0 amide bonds. The van der Waals surface area contributed by atoms with Gasteiger partial charge in [0.2, 0.25) is 6.67 Å². The van der Waals surface area contributed by atoms with E-state index in [4.69, 9.17) is 0 Å². The largest absolute Gasteiger partial charge is 1.00 e. The Morgan fingerprint density at radius 2 is 1.09 bits per heavy atom. The topological polar surface area (TPSA) is 29.5 Å². The van der Waals surface area contributed by atoms with Gasteiger partial charge in [-0.25, -0.2) is 0 Å². The summed E-state index contributed by atoms with van der Waals surface area (Å²) in [5, 5.41) is 10.1. The summed E-state index contributed by atoms with van der Waals surface area (Å²) in [6, 6.07) is 1.46. The van der Waals surface area contributed by atoms with Gasteiger partial charge in [0.15, 0.2) is 0 Å². The van der Waals surface area contributed by atoms with Crippen LogP contribution in [0.3, 0.4) is 0 Å². The van der Waals surface area contributed by atoms with Crippen molar-refractivity contribution in [1.82, 2.24) is 9.80 Å². The third-order valence-corrected chi connectivity index (χ3v) is 4.55. The molecule has 4 heteroatoms. The van der Waals surface area contributed by atoms with Crippen LogP contribution in [0.5, 0.6) is 0 Å². The first kappa shape index (κ1) is 20.9. The monoisotopic (exact) mass is 368 g/mol. The molecule has 0 aromatic heterocycles. The Morgan fingerprint density at radius 3 is 1.39 bits per heavy atom. The van der Waals surface area contributed by atoms with E-state index >= 15 is 0 Å². The molecule has 0 N–H and O–H groups in total. The summed E-state index contributed by atoms with van der Waals surface area (Å²) in [6.07, 6.45) is 18.4. The summed E-state index contributed by atoms with van der Waals surface area (Å²) in [6.45, 7) is 8.48. The molecule has 136 valence electrons. The molecule has 23 heavy (non-hydrogen) atoms. The summed E-state index contributed by atoms with van der Waals surface area (Å²) in [5.41, 5.74) is -0.750. The van der Waals surface area contributed by atoms with Crippen molar-refractivity contribution in [2.45, 2.75) is 103 Å². The van der Waals surface area contributed by atoms with E-state index < -0.39 is 5.60 Å². The van der Waals surface area contributed by atoms with Gasteiger partial charge in [0, 0.05) is 24.5 Å². The average molecular weight is 369 g/mol. The quantitative estimate of drug-likeness (QED) is 0.692. The molecule has 2 radical (unpaired) electrons. The first-order chi connectivity index (χ1) is 10.4. The zero-order valence-corrected chi connectivity index (χ0v) is 15.9. The van der Waals surface area contributed by atoms with Gasteiger partial charge in [-0.1, -0.05) is 59.3 Å². The normalized spacial score (nSPS) is 23.3. The molecule has 2 aliphatic carbocycles. The third kappa shape index (κ3) is 7.96. The van der Waals surface area contributed by atoms with Crippen LogP contribution in [0.1, 0.15) is 85.0 Å². The average Bonchev–Trinajstić information content (AvgIpc) is 2.97. The zero-order chi connectivity index (χ0) is 16.0. The summed E-state index contributed by atoms with van der Waals surface area (Å²) in [5.74, 6) is 0. The second-order valence-corrected chi connectivity index (χ2v) is 7.91. The Hall–Kier alpha value is -0.181. The van der Waals surface area contributed by atoms with Crippen LogP contribution in [0.15, 0.2) is 12.4 Å². The van der Waals surface area contributed by atoms with Crippen LogP contribution in [0.25, 0.3) is 0 Å². The summed E-state index contributed by atoms with van der Waals surface area (Å²) < 4.78 is 0. The third-order valence-electron chi connectivity index (χ3n) is 4.55. The number of nitrogens with zero attached hydrogens (tertiary/aromatic N) is 2. The van der Waals surface area contributed by atoms with Crippen molar-refractivity contribution < 1.29 is 22.2 Å². The maximum absolute atomic E-state index is 10.1. The van der Waals surface area contributed by atoms with Crippen molar-refractivity contribution in [2.75, 3.05) is 0 Å². The molecule has 0 atom stereocenters. The van der Waals surface area contributed by atoms with E-state index in [1.165, 1.54) is 64.2 Å². The molecular formula is C19H33CuN2O. The molecule has 0 saturated heterocycles. The molecule has 1 aliphatic heterocycles. The second kappa shape index (κ2) is 9.96. The molecule has 2 fully saturated rings. The molecule has 3 rings (SSSR count). The van der Waals surface area contributed by atoms with Crippen LogP contribution in [0, 0.1) is 6.67 Å². The first-order valence-corrected chi connectivity index (χ1v) is 9.15. The van der Waals surface area contributed by atoms with Crippen LogP contribution in [0.4, 0.5) is 0 Å². The van der Waals surface area contributed by atoms with E-state index in [9.17, 15) is 5.11 Å². The molecule has 0 bridgehead atoms. The number of hydrogen-bond donors (Lipinski definition) is 0. The minimum atomic E-state index is -0.750. The van der Waals surface area contributed by atoms with Gasteiger partial charge in [-0.2, -0.15) is 0 Å². The van der Waals surface area contributed by atoms with Crippen LogP contribution >= 0.6 is 0 Å². The Labute approximate surface area is 154 Å². The predicted molar refractivity (Wildman–Crippen MR) is 89.6 cm³/mol. The maximum Gasteiger partial charge on any atom is 1.00 e. The molecule has 3 aliphatic rings. The number of hydrogen-bond acceptors (Lipinski definition) is 3. The van der Waals surface area contributed by atoms with Crippen LogP contribution in [-0.4, -0.2) is 27.5 Å². The van der Waals surface area contributed by atoms with Crippen molar-refractivity contribution in [1.29, 1.82) is 0 Å². The van der Waals surface area contributed by atoms with E-state index in [1.807, 2.05) is 0 Å². The smallest absolute Gasteiger partial charge is 0.850 e. The van der Waals surface area contributed by atoms with Gasteiger partial charge < -0.3 is 14.9 Å². The first-order valence-electron chi connectivity index (χ1n) is 9.15. The minimum absolute atomic E-state index is 0. The van der Waals surface area contributed by atoms with Gasteiger partial charge in [0.25, 0.3) is 0 Å². The molecule has 3 nitrogen and oxygen atoms in total. The zero-order valence-electron chi connectivity index (χ0n) is 15.0. The second-order valence-electron chi connectivity index (χ2n) is 7.91. The van der Waals surface area contributed by atoms with Crippen molar-refractivity contribution in [2.24, 2.45) is 0 Å². The molecule has 0 spiro atoms. The van der Waals surface area contributed by atoms with E-state index in [0.717, 1.165) is 12.1 Å². The van der Waals surface area contributed by atoms with E-state index in [2.05, 4.69) is 28.9 Å². The molecule has 1 heterocycles. The molecule has 0 unspecified atom stereocenters. The van der Waals surface area contributed by atoms with Gasteiger partial charge in [0.1, 0.15) is 0 Å².